The van der Waals surface area contributed by atoms with E-state index in [1.807, 2.05) is 6.92 Å². The van der Waals surface area contributed by atoms with Gasteiger partial charge in [-0.2, -0.15) is 5.10 Å². The Morgan fingerprint density at radius 2 is 1.79 bits per heavy atom. The number of piperidine rings is 1. The Labute approximate surface area is 169 Å². The van der Waals surface area contributed by atoms with Crippen LogP contribution in [0, 0.1) is 6.92 Å². The molecule has 0 aliphatic carbocycles. The van der Waals surface area contributed by atoms with Crippen molar-refractivity contribution in [2.24, 2.45) is 0 Å². The van der Waals surface area contributed by atoms with Crippen LogP contribution < -0.4 is 10.2 Å². The monoisotopic (exact) mass is 394 g/mol. The number of carbonyl (C=O) groups is 1. The summed E-state index contributed by atoms with van der Waals surface area (Å²) in [5.41, 5.74) is 4.84. The van der Waals surface area contributed by atoms with E-state index >= 15 is 0 Å². The summed E-state index contributed by atoms with van der Waals surface area (Å²) in [6.45, 7) is 4.11. The number of nitrogens with zero attached hydrogens (tertiary/aromatic N) is 2. The molecule has 28 heavy (non-hydrogen) atoms. The number of aromatic amines is 1. The van der Waals surface area contributed by atoms with Gasteiger partial charge < -0.3 is 10.2 Å². The van der Waals surface area contributed by atoms with Gasteiger partial charge in [0.25, 0.3) is 5.91 Å². The van der Waals surface area contributed by atoms with E-state index in [1.165, 1.54) is 24.9 Å². The number of nitrogens with one attached hydrogen (secondary N) is 2. The molecule has 6 heteroatoms. The van der Waals surface area contributed by atoms with Gasteiger partial charge in [-0.15, -0.1) is 0 Å². The average Bonchev–Trinajstić information content (AvgIpc) is 3.09. The third kappa shape index (κ3) is 3.76. The van der Waals surface area contributed by atoms with E-state index in [0.29, 0.717) is 16.3 Å². The number of aryl methyl sites for hydroxylation is 1. The Balaban J connectivity index is 1.58. The standard InChI is InChI=1S/C22H23ClN4O/c1-15-20(24-22(28)18-7-3-4-8-19(18)23)21(26-25-15)16-9-11-17(12-10-16)27-13-5-2-6-14-27/h3-4,7-12H,2,5-6,13-14H2,1H3,(H,24,28)(H,25,26). The number of hydrogen-bond donors (Lipinski definition) is 2. The van der Waals surface area contributed by atoms with E-state index in [9.17, 15) is 4.79 Å². The minimum atomic E-state index is -0.249. The molecule has 2 heterocycles. The third-order valence-corrected chi connectivity index (χ3v) is 5.50. The normalized spacial score (nSPS) is 14.1. The van der Waals surface area contributed by atoms with E-state index in [-0.39, 0.29) is 5.91 Å². The zero-order valence-corrected chi connectivity index (χ0v) is 16.6. The van der Waals surface area contributed by atoms with Crippen LogP contribution in [0.2, 0.25) is 5.02 Å². The summed E-state index contributed by atoms with van der Waals surface area (Å²) >= 11 is 6.16. The number of H-pyrrole nitrogens is 1. The summed E-state index contributed by atoms with van der Waals surface area (Å²) in [6, 6.07) is 15.4. The first-order valence-corrected chi connectivity index (χ1v) is 9.97. The Kier molecular flexibility index (Phi) is 5.35. The van der Waals surface area contributed by atoms with Crippen LogP contribution in [0.5, 0.6) is 0 Å². The Morgan fingerprint density at radius 3 is 2.50 bits per heavy atom. The summed E-state index contributed by atoms with van der Waals surface area (Å²) in [5, 5.41) is 10.8. The lowest BCUT2D eigenvalue weighted by Crippen LogP contribution is -2.29. The third-order valence-electron chi connectivity index (χ3n) is 5.17. The maximum Gasteiger partial charge on any atom is 0.257 e. The van der Waals surface area contributed by atoms with E-state index in [1.54, 1.807) is 24.3 Å². The fourth-order valence-electron chi connectivity index (χ4n) is 3.60. The zero-order chi connectivity index (χ0) is 19.5. The highest BCUT2D eigenvalue weighted by Crippen LogP contribution is 2.31. The van der Waals surface area contributed by atoms with Crippen molar-refractivity contribution < 1.29 is 4.79 Å². The molecule has 144 valence electrons. The topological polar surface area (TPSA) is 61.0 Å². The Hall–Kier alpha value is -2.79. The van der Waals surface area contributed by atoms with Crippen LogP contribution in [0.25, 0.3) is 11.3 Å². The lowest BCUT2D eigenvalue weighted by molar-refractivity contribution is 0.102. The minimum absolute atomic E-state index is 0.249. The van der Waals surface area contributed by atoms with E-state index in [0.717, 1.165) is 30.0 Å². The van der Waals surface area contributed by atoms with Gasteiger partial charge in [-0.3, -0.25) is 9.89 Å². The number of amides is 1. The van der Waals surface area contributed by atoms with Crippen molar-refractivity contribution >= 4 is 28.9 Å². The molecular weight excluding hydrogens is 372 g/mol. The van der Waals surface area contributed by atoms with Crippen LogP contribution in [0.3, 0.4) is 0 Å². The van der Waals surface area contributed by atoms with Gasteiger partial charge in [0.05, 0.1) is 22.0 Å². The molecule has 1 amide bonds. The van der Waals surface area contributed by atoms with Gasteiger partial charge in [-0.25, -0.2) is 0 Å². The molecule has 1 saturated heterocycles. The number of halogens is 1. The molecule has 0 atom stereocenters. The molecule has 5 nitrogen and oxygen atoms in total. The van der Waals surface area contributed by atoms with Gasteiger partial charge in [-0.1, -0.05) is 35.9 Å². The molecule has 1 aliphatic rings. The first kappa shape index (κ1) is 18.6. The molecule has 2 N–H and O–H groups in total. The van der Waals surface area contributed by atoms with Crippen LogP contribution >= 0.6 is 11.6 Å². The predicted octanol–water partition coefficient (Wildman–Crippen LogP) is 5.28. The number of aromatic nitrogens is 2. The van der Waals surface area contributed by atoms with Crippen molar-refractivity contribution in [1.29, 1.82) is 0 Å². The molecule has 0 unspecified atom stereocenters. The molecule has 4 rings (SSSR count). The van der Waals surface area contributed by atoms with Crippen molar-refractivity contribution in [2.75, 3.05) is 23.3 Å². The van der Waals surface area contributed by atoms with Gasteiger partial charge >= 0.3 is 0 Å². The van der Waals surface area contributed by atoms with E-state index < -0.39 is 0 Å². The minimum Gasteiger partial charge on any atom is -0.372 e. The molecule has 0 spiro atoms. The summed E-state index contributed by atoms with van der Waals surface area (Å²) in [4.78, 5) is 15.1. The molecule has 1 fully saturated rings. The highest BCUT2D eigenvalue weighted by atomic mass is 35.5. The van der Waals surface area contributed by atoms with Crippen LogP contribution in [-0.2, 0) is 0 Å². The highest BCUT2D eigenvalue weighted by Gasteiger charge is 2.18. The summed E-state index contributed by atoms with van der Waals surface area (Å²) in [6.07, 6.45) is 3.81. The van der Waals surface area contributed by atoms with Gasteiger partial charge in [0.2, 0.25) is 0 Å². The average molecular weight is 395 g/mol. The van der Waals surface area contributed by atoms with Crippen LogP contribution in [-0.4, -0.2) is 29.2 Å². The largest absolute Gasteiger partial charge is 0.372 e. The van der Waals surface area contributed by atoms with Crippen molar-refractivity contribution in [3.63, 3.8) is 0 Å². The number of carbonyl (C=O) groups excluding carboxylic acids is 1. The Morgan fingerprint density at radius 1 is 1.07 bits per heavy atom. The molecular formula is C22H23ClN4O. The van der Waals surface area contributed by atoms with Crippen molar-refractivity contribution in [2.45, 2.75) is 26.2 Å². The van der Waals surface area contributed by atoms with E-state index in [4.69, 9.17) is 11.6 Å². The number of rotatable bonds is 4. The second-order valence-corrected chi connectivity index (χ2v) is 7.51. The van der Waals surface area contributed by atoms with Crippen LogP contribution in [0.15, 0.2) is 48.5 Å². The fraction of sp³-hybridized carbons (Fsp3) is 0.273. The first-order valence-electron chi connectivity index (χ1n) is 9.60. The fourth-order valence-corrected chi connectivity index (χ4v) is 3.82. The summed E-state index contributed by atoms with van der Waals surface area (Å²) < 4.78 is 0. The lowest BCUT2D eigenvalue weighted by Gasteiger charge is -2.28. The van der Waals surface area contributed by atoms with Crippen molar-refractivity contribution in [3.8, 4) is 11.3 Å². The number of benzene rings is 2. The van der Waals surface area contributed by atoms with Crippen LogP contribution in [0.1, 0.15) is 35.3 Å². The van der Waals surface area contributed by atoms with Gasteiger partial charge in [0, 0.05) is 24.3 Å². The maximum absolute atomic E-state index is 12.7. The van der Waals surface area contributed by atoms with Gasteiger partial charge in [0.15, 0.2) is 0 Å². The van der Waals surface area contributed by atoms with Crippen molar-refractivity contribution in [3.05, 3.63) is 64.8 Å². The second-order valence-electron chi connectivity index (χ2n) is 7.10. The SMILES string of the molecule is Cc1[nH]nc(-c2ccc(N3CCCCC3)cc2)c1NC(=O)c1ccccc1Cl. The molecule has 1 aliphatic heterocycles. The Bertz CT molecular complexity index is 974. The van der Waals surface area contributed by atoms with Crippen LogP contribution in [0.4, 0.5) is 11.4 Å². The molecule has 0 saturated carbocycles. The molecule has 0 radical (unpaired) electrons. The zero-order valence-electron chi connectivity index (χ0n) is 15.8. The highest BCUT2D eigenvalue weighted by molar-refractivity contribution is 6.34. The molecule has 3 aromatic rings. The van der Waals surface area contributed by atoms with Gasteiger partial charge in [-0.05, 0) is 50.5 Å². The van der Waals surface area contributed by atoms with E-state index in [2.05, 4.69) is 44.7 Å². The summed E-state index contributed by atoms with van der Waals surface area (Å²) in [5.74, 6) is -0.249. The number of hydrogen-bond acceptors (Lipinski definition) is 3. The molecule has 2 aromatic carbocycles. The predicted molar refractivity (Wildman–Crippen MR) is 114 cm³/mol. The first-order chi connectivity index (χ1) is 13.6. The summed E-state index contributed by atoms with van der Waals surface area (Å²) in [7, 11) is 0. The van der Waals surface area contributed by atoms with Gasteiger partial charge in [0.1, 0.15) is 5.69 Å². The van der Waals surface area contributed by atoms with Crippen molar-refractivity contribution in [1.82, 2.24) is 10.2 Å². The quantitative estimate of drug-likeness (QED) is 0.632. The number of anilines is 2. The second kappa shape index (κ2) is 8.07. The smallest absolute Gasteiger partial charge is 0.257 e. The lowest BCUT2D eigenvalue weighted by atomic mass is 10.1. The molecule has 0 bridgehead atoms. The molecule has 1 aromatic heterocycles. The maximum atomic E-state index is 12.7.